The maximum atomic E-state index is 10.3. The van der Waals surface area contributed by atoms with Crippen molar-refractivity contribution in [3.63, 3.8) is 0 Å². The van der Waals surface area contributed by atoms with E-state index < -0.39 is 22.1 Å². The lowest BCUT2D eigenvalue weighted by molar-refractivity contribution is -0.671. The summed E-state index contributed by atoms with van der Waals surface area (Å²) in [4.78, 5) is 27.3. The maximum Gasteiger partial charge on any atom is 0.354 e. The molecule has 0 saturated heterocycles. The Labute approximate surface area is 178 Å². The Morgan fingerprint density at radius 2 is 1.77 bits per heavy atom. The van der Waals surface area contributed by atoms with Crippen molar-refractivity contribution in [2.75, 3.05) is 0 Å². The number of aromatic carboxylic acids is 2. The van der Waals surface area contributed by atoms with Gasteiger partial charge >= 0.3 is 5.97 Å². The van der Waals surface area contributed by atoms with Gasteiger partial charge in [-0.2, -0.15) is 8.42 Å². The molecule has 3 aromatic rings. The minimum Gasteiger partial charge on any atom is -0.545 e. The molecule has 2 N–H and O–H groups in total. The second-order valence-corrected chi connectivity index (χ2v) is 6.65. The van der Waals surface area contributed by atoms with E-state index in [1.165, 1.54) is 42.9 Å². The number of aromatic nitrogens is 3. The zero-order chi connectivity index (χ0) is 21.9. The molecule has 0 aromatic carbocycles. The van der Waals surface area contributed by atoms with Crippen LogP contribution < -0.4 is 9.67 Å². The van der Waals surface area contributed by atoms with Crippen LogP contribution in [0.4, 0.5) is 0 Å². The first-order valence-electron chi connectivity index (χ1n) is 7.79. The second kappa shape index (κ2) is 12.9. The Morgan fingerprint density at radius 1 is 1.07 bits per heavy atom. The fourth-order valence-electron chi connectivity index (χ4n) is 1.70. The number of carboxylic acids is 2. The number of hydrogen-bond acceptors (Lipinski definition) is 7. The van der Waals surface area contributed by atoms with Crippen LogP contribution in [0.3, 0.4) is 0 Å². The number of nitrogens with zero attached hydrogens (tertiary/aromatic N) is 3. The Balaban J connectivity index is 0.000000414. The van der Waals surface area contributed by atoms with E-state index in [0.29, 0.717) is 0 Å². The third-order valence-corrected chi connectivity index (χ3v) is 3.83. The molecule has 3 heterocycles. The highest BCUT2D eigenvalue weighted by Crippen LogP contribution is 2.03. The molecule has 10 nitrogen and oxygen atoms in total. The lowest BCUT2D eigenvalue weighted by atomic mass is 10.3. The van der Waals surface area contributed by atoms with Gasteiger partial charge in [-0.15, -0.1) is 12.4 Å². The van der Waals surface area contributed by atoms with Gasteiger partial charge in [0.15, 0.2) is 12.4 Å². The normalized spacial score (nSPS) is 9.53. The second-order valence-electron chi connectivity index (χ2n) is 5.23. The summed E-state index contributed by atoms with van der Waals surface area (Å²) in [5.41, 5.74) is 0.280. The first-order valence-corrected chi connectivity index (χ1v) is 9.23. The molecule has 0 aliphatic heterocycles. The van der Waals surface area contributed by atoms with Crippen molar-refractivity contribution in [3.05, 3.63) is 84.7 Å². The van der Waals surface area contributed by atoms with Crippen LogP contribution in [0.2, 0.25) is 0 Å². The third-order valence-electron chi connectivity index (χ3n) is 2.99. The van der Waals surface area contributed by atoms with Gasteiger partial charge in [0.2, 0.25) is 0 Å². The average molecular weight is 456 g/mol. The summed E-state index contributed by atoms with van der Waals surface area (Å²) in [5.74, 6) is -2.13. The van der Waals surface area contributed by atoms with Crippen LogP contribution in [-0.4, -0.2) is 40.0 Å². The summed E-state index contributed by atoms with van der Waals surface area (Å²) >= 11 is 0. The zero-order valence-corrected chi connectivity index (χ0v) is 17.2. The van der Waals surface area contributed by atoms with Gasteiger partial charge in [-0.25, -0.2) is 14.3 Å². The van der Waals surface area contributed by atoms with Crippen molar-refractivity contribution >= 4 is 34.5 Å². The van der Waals surface area contributed by atoms with E-state index in [-0.39, 0.29) is 28.6 Å². The number of aryl methyl sites for hydroxylation is 1. The van der Waals surface area contributed by atoms with Crippen LogP contribution in [0.5, 0.6) is 0 Å². The molecule has 12 heteroatoms. The molecule has 0 aliphatic carbocycles. The van der Waals surface area contributed by atoms with E-state index in [4.69, 9.17) is 9.66 Å². The summed E-state index contributed by atoms with van der Waals surface area (Å²) in [5, 5.41) is 18.6. The van der Waals surface area contributed by atoms with E-state index in [0.717, 1.165) is 6.20 Å². The van der Waals surface area contributed by atoms with Crippen molar-refractivity contribution in [1.29, 1.82) is 0 Å². The van der Waals surface area contributed by atoms with Crippen molar-refractivity contribution in [2.45, 2.75) is 4.90 Å². The summed E-state index contributed by atoms with van der Waals surface area (Å²) < 4.78 is 30.8. The van der Waals surface area contributed by atoms with Gasteiger partial charge in [-0.05, 0) is 30.3 Å². The van der Waals surface area contributed by atoms with Gasteiger partial charge in [0.1, 0.15) is 17.6 Å². The van der Waals surface area contributed by atoms with Crippen molar-refractivity contribution in [3.8, 4) is 0 Å². The highest BCUT2D eigenvalue weighted by molar-refractivity contribution is 7.85. The largest absolute Gasteiger partial charge is 0.545 e. The zero-order valence-electron chi connectivity index (χ0n) is 15.5. The van der Waals surface area contributed by atoms with Crippen molar-refractivity contribution < 1.29 is 37.3 Å². The van der Waals surface area contributed by atoms with Gasteiger partial charge in [-0.1, -0.05) is 6.07 Å². The number of hydrogen-bond donors (Lipinski definition) is 2. The Bertz CT molecular complexity index is 1050. The van der Waals surface area contributed by atoms with Gasteiger partial charge in [0, 0.05) is 24.7 Å². The van der Waals surface area contributed by atoms with E-state index in [2.05, 4.69) is 9.97 Å². The van der Waals surface area contributed by atoms with Gasteiger partial charge in [0.05, 0.1) is 11.5 Å². The molecular formula is C18H18ClN3O7S. The number of carbonyl (C=O) groups excluding carboxylic acids is 1. The molecule has 0 fully saturated rings. The quantitative estimate of drug-likeness (QED) is 0.420. The number of carboxylic acid groups (broad SMARTS) is 2. The lowest BCUT2D eigenvalue weighted by Gasteiger charge is -1.96. The van der Waals surface area contributed by atoms with Crippen LogP contribution in [-0.2, 0) is 17.2 Å². The van der Waals surface area contributed by atoms with E-state index in [1.54, 1.807) is 36.0 Å². The van der Waals surface area contributed by atoms with Crippen LogP contribution in [0.15, 0.2) is 78.3 Å². The molecule has 3 aromatic heterocycles. The summed E-state index contributed by atoms with van der Waals surface area (Å²) in [6.45, 7) is 0. The highest BCUT2D eigenvalue weighted by atomic mass is 35.5. The molecule has 3 rings (SSSR count). The number of rotatable bonds is 3. The van der Waals surface area contributed by atoms with E-state index in [1.807, 2.05) is 0 Å². The molecule has 30 heavy (non-hydrogen) atoms. The Morgan fingerprint density at radius 3 is 2.10 bits per heavy atom. The SMILES string of the molecule is C[n+]1cccc(C(=O)[O-])c1.Cl.O=C(O)c1ccccn1.O=S(=O)(O)c1cccnc1. The summed E-state index contributed by atoms with van der Waals surface area (Å²) in [6.07, 6.45) is 7.20. The van der Waals surface area contributed by atoms with Crippen LogP contribution in [0.1, 0.15) is 20.8 Å². The van der Waals surface area contributed by atoms with Crippen LogP contribution >= 0.6 is 12.4 Å². The fourth-order valence-corrected chi connectivity index (χ4v) is 2.14. The molecule has 0 atom stereocenters. The molecular weight excluding hydrogens is 438 g/mol. The Kier molecular flexibility index (Phi) is 11.5. The molecule has 0 amide bonds. The standard InChI is InChI=1S/C7H7NO2.C6H5NO2.C5H5NO3S.ClH/c1-8-4-2-3-6(5-8)7(9)10;8-6(9)5-3-1-2-4-7-5;7-10(8,9)5-2-1-3-6-4-5;/h2-5H,1H3;1-4H,(H,8,9);1-4H,(H,7,8,9);1H. The van der Waals surface area contributed by atoms with E-state index in [9.17, 15) is 23.1 Å². The number of pyridine rings is 3. The van der Waals surface area contributed by atoms with Gasteiger partial charge in [-0.3, -0.25) is 9.54 Å². The first-order chi connectivity index (χ1) is 13.6. The van der Waals surface area contributed by atoms with Crippen LogP contribution in [0, 0.1) is 0 Å². The third kappa shape index (κ3) is 10.2. The number of halogens is 1. The first kappa shape index (κ1) is 26.6. The predicted molar refractivity (Wildman–Crippen MR) is 104 cm³/mol. The monoisotopic (exact) mass is 455 g/mol. The molecule has 0 spiro atoms. The lowest BCUT2D eigenvalue weighted by Crippen LogP contribution is -2.31. The minimum atomic E-state index is -4.07. The molecule has 160 valence electrons. The van der Waals surface area contributed by atoms with Gasteiger partial charge in [0.25, 0.3) is 10.1 Å². The topological polar surface area (TPSA) is 161 Å². The molecule has 0 saturated carbocycles. The van der Waals surface area contributed by atoms with Crippen LogP contribution in [0.25, 0.3) is 0 Å². The fraction of sp³-hybridized carbons (Fsp3) is 0.0556. The molecule has 0 bridgehead atoms. The number of carbonyl (C=O) groups is 2. The molecule has 0 aliphatic rings. The Hall–Kier alpha value is -3.41. The summed E-state index contributed by atoms with van der Waals surface area (Å²) in [7, 11) is -2.31. The highest BCUT2D eigenvalue weighted by Gasteiger charge is 2.06. The predicted octanol–water partition coefficient (Wildman–Crippen LogP) is 0.404. The van der Waals surface area contributed by atoms with E-state index >= 15 is 0 Å². The van der Waals surface area contributed by atoms with Crippen molar-refractivity contribution in [1.82, 2.24) is 9.97 Å². The maximum absolute atomic E-state index is 10.3. The summed E-state index contributed by atoms with van der Waals surface area (Å²) in [6, 6.07) is 10.6. The minimum absolute atomic E-state index is 0. The average Bonchev–Trinajstić information content (AvgIpc) is 2.70. The molecule has 0 unspecified atom stereocenters. The molecule has 0 radical (unpaired) electrons. The smallest absolute Gasteiger partial charge is 0.354 e. The van der Waals surface area contributed by atoms with Crippen molar-refractivity contribution in [2.24, 2.45) is 7.05 Å². The van der Waals surface area contributed by atoms with Gasteiger partial charge < -0.3 is 15.0 Å².